The number of rotatable bonds is 37. The van der Waals surface area contributed by atoms with Crippen LogP contribution in [0.15, 0.2) is 60.8 Å². The predicted octanol–water partition coefficient (Wildman–Crippen LogP) is 12.8. The SMILES string of the molecule is CC/C=C\C/C=C\C/C=C\C/C=C\CCCCCCCCC(=O)OC(/C=C\CCCCCCCCC)CCCCCCCCC(=O)NCC(=O)O. The maximum atomic E-state index is 12.7. The number of unbranched alkanes of at least 4 members (excludes halogenated alkanes) is 18. The van der Waals surface area contributed by atoms with Crippen LogP contribution in [0.2, 0.25) is 0 Å². The first-order valence-electron chi connectivity index (χ1n) is 20.9. The molecule has 0 aliphatic carbocycles. The summed E-state index contributed by atoms with van der Waals surface area (Å²) in [4.78, 5) is 34.9. The Morgan fingerprint density at radius 3 is 1.59 bits per heavy atom. The molecule has 2 N–H and O–H groups in total. The Kier molecular flexibility index (Phi) is 37.6. The highest BCUT2D eigenvalue weighted by Crippen LogP contribution is 2.16. The first kappa shape index (κ1) is 48.1. The molecular weight excluding hydrogens is 634 g/mol. The molecule has 0 aliphatic heterocycles. The van der Waals surface area contributed by atoms with E-state index in [-0.39, 0.29) is 24.5 Å². The summed E-state index contributed by atoms with van der Waals surface area (Å²) in [7, 11) is 0. The number of carbonyl (C=O) groups excluding carboxylic acids is 2. The number of hydrogen-bond acceptors (Lipinski definition) is 4. The molecule has 0 saturated heterocycles. The van der Waals surface area contributed by atoms with E-state index in [2.05, 4.69) is 79.9 Å². The van der Waals surface area contributed by atoms with Gasteiger partial charge in [-0.1, -0.05) is 158 Å². The number of hydrogen-bond donors (Lipinski definition) is 2. The summed E-state index contributed by atoms with van der Waals surface area (Å²) in [6, 6.07) is 0. The summed E-state index contributed by atoms with van der Waals surface area (Å²) in [6.45, 7) is 4.10. The van der Waals surface area contributed by atoms with Crippen molar-refractivity contribution in [1.29, 1.82) is 0 Å². The minimum Gasteiger partial charge on any atom is -0.480 e. The number of nitrogens with one attached hydrogen (secondary N) is 1. The Morgan fingerprint density at radius 1 is 0.549 bits per heavy atom. The first-order chi connectivity index (χ1) is 25.0. The summed E-state index contributed by atoms with van der Waals surface area (Å²) >= 11 is 0. The lowest BCUT2D eigenvalue weighted by Crippen LogP contribution is -2.28. The van der Waals surface area contributed by atoms with Gasteiger partial charge in [0.05, 0.1) is 0 Å². The second-order valence-electron chi connectivity index (χ2n) is 13.9. The zero-order valence-electron chi connectivity index (χ0n) is 32.9. The van der Waals surface area contributed by atoms with Crippen LogP contribution in [0.25, 0.3) is 0 Å². The van der Waals surface area contributed by atoms with Crippen molar-refractivity contribution in [2.45, 2.75) is 200 Å². The molecule has 0 fully saturated rings. The van der Waals surface area contributed by atoms with Gasteiger partial charge in [0.2, 0.25) is 5.91 Å². The average Bonchev–Trinajstić information content (AvgIpc) is 3.11. The van der Waals surface area contributed by atoms with Crippen molar-refractivity contribution in [3.05, 3.63) is 60.8 Å². The van der Waals surface area contributed by atoms with E-state index in [1.807, 2.05) is 0 Å². The molecule has 0 spiro atoms. The van der Waals surface area contributed by atoms with Crippen molar-refractivity contribution >= 4 is 17.8 Å². The van der Waals surface area contributed by atoms with Gasteiger partial charge in [-0.2, -0.15) is 0 Å². The smallest absolute Gasteiger partial charge is 0.322 e. The molecule has 0 radical (unpaired) electrons. The molecule has 51 heavy (non-hydrogen) atoms. The van der Waals surface area contributed by atoms with Crippen LogP contribution in [0.5, 0.6) is 0 Å². The van der Waals surface area contributed by atoms with E-state index in [1.165, 1.54) is 70.6 Å². The highest BCUT2D eigenvalue weighted by molar-refractivity contribution is 5.80. The Bertz CT molecular complexity index is 964. The van der Waals surface area contributed by atoms with E-state index < -0.39 is 5.97 Å². The molecule has 0 aliphatic rings. The number of carbonyl (C=O) groups is 3. The number of allylic oxidation sites excluding steroid dienone is 9. The van der Waals surface area contributed by atoms with Gasteiger partial charge in [-0.25, -0.2) is 0 Å². The maximum absolute atomic E-state index is 12.7. The van der Waals surface area contributed by atoms with Crippen molar-refractivity contribution in [3.8, 4) is 0 Å². The van der Waals surface area contributed by atoms with Crippen LogP contribution in [0, 0.1) is 0 Å². The van der Waals surface area contributed by atoms with E-state index in [0.717, 1.165) is 96.3 Å². The monoisotopic (exact) mass is 712 g/mol. The zero-order chi connectivity index (χ0) is 37.3. The van der Waals surface area contributed by atoms with Crippen LogP contribution in [-0.2, 0) is 19.1 Å². The van der Waals surface area contributed by atoms with Crippen molar-refractivity contribution in [3.63, 3.8) is 0 Å². The highest BCUT2D eigenvalue weighted by Gasteiger charge is 2.11. The van der Waals surface area contributed by atoms with Crippen LogP contribution in [0.4, 0.5) is 0 Å². The number of aliphatic carboxylic acids is 1. The lowest BCUT2D eigenvalue weighted by molar-refractivity contribution is -0.147. The quantitative estimate of drug-likeness (QED) is 0.0380. The fourth-order valence-electron chi connectivity index (χ4n) is 5.83. The number of carboxylic acids is 1. The molecule has 0 rings (SSSR count). The number of amides is 1. The topological polar surface area (TPSA) is 92.7 Å². The van der Waals surface area contributed by atoms with E-state index in [4.69, 9.17) is 9.84 Å². The molecule has 292 valence electrons. The van der Waals surface area contributed by atoms with E-state index in [1.54, 1.807) is 0 Å². The molecule has 6 nitrogen and oxygen atoms in total. The largest absolute Gasteiger partial charge is 0.480 e. The van der Waals surface area contributed by atoms with E-state index in [0.29, 0.717) is 12.8 Å². The molecule has 1 atom stereocenters. The number of ether oxygens (including phenoxy) is 1. The van der Waals surface area contributed by atoms with Gasteiger partial charge in [0.1, 0.15) is 12.6 Å². The molecule has 0 saturated carbocycles. The van der Waals surface area contributed by atoms with Crippen LogP contribution in [-0.4, -0.2) is 35.6 Å². The summed E-state index contributed by atoms with van der Waals surface area (Å²) < 4.78 is 5.94. The lowest BCUT2D eigenvalue weighted by atomic mass is 10.0. The number of esters is 1. The van der Waals surface area contributed by atoms with Crippen LogP contribution < -0.4 is 5.32 Å². The zero-order valence-corrected chi connectivity index (χ0v) is 32.9. The van der Waals surface area contributed by atoms with Gasteiger partial charge in [0.15, 0.2) is 0 Å². The predicted molar refractivity (Wildman–Crippen MR) is 217 cm³/mol. The summed E-state index contributed by atoms with van der Waals surface area (Å²) in [6.07, 6.45) is 52.1. The minimum absolute atomic E-state index is 0.0684. The Balaban J connectivity index is 4.17. The Morgan fingerprint density at radius 2 is 1.02 bits per heavy atom. The van der Waals surface area contributed by atoms with Gasteiger partial charge in [0.25, 0.3) is 0 Å². The molecule has 1 unspecified atom stereocenters. The van der Waals surface area contributed by atoms with Crippen LogP contribution in [0.1, 0.15) is 194 Å². The maximum Gasteiger partial charge on any atom is 0.322 e. The molecule has 0 aromatic heterocycles. The first-order valence-corrected chi connectivity index (χ1v) is 20.9. The fraction of sp³-hybridized carbons (Fsp3) is 0.711. The third-order valence-corrected chi connectivity index (χ3v) is 8.91. The van der Waals surface area contributed by atoms with Gasteiger partial charge in [0, 0.05) is 12.8 Å². The third kappa shape index (κ3) is 39.7. The van der Waals surface area contributed by atoms with Crippen LogP contribution >= 0.6 is 0 Å². The Hall–Kier alpha value is -2.89. The molecule has 0 bridgehead atoms. The van der Waals surface area contributed by atoms with E-state index >= 15 is 0 Å². The average molecular weight is 712 g/mol. The second kappa shape index (κ2) is 39.9. The van der Waals surface area contributed by atoms with Gasteiger partial charge in [-0.15, -0.1) is 0 Å². The normalized spacial score (nSPS) is 12.7. The lowest BCUT2D eigenvalue weighted by Gasteiger charge is -2.15. The standard InChI is InChI=1S/C45H77NO5/c1-3-5-7-9-11-13-14-15-16-17-18-19-20-21-22-24-26-32-36-40-45(50)51-42(37-33-29-25-23-12-10-8-6-4-2)38-34-30-27-28-31-35-39-43(47)46-41-44(48)49/h5,7,11,13,15-16,18-19,33,37,42H,3-4,6,8-10,12,14,17,20-32,34-36,38-41H2,1-2H3,(H,46,47)(H,48,49)/b7-5-,13-11-,16-15-,19-18-,37-33-. The van der Waals surface area contributed by atoms with E-state index in [9.17, 15) is 14.4 Å². The fourth-order valence-corrected chi connectivity index (χ4v) is 5.83. The molecular formula is C45H77NO5. The molecule has 0 aromatic carbocycles. The highest BCUT2D eigenvalue weighted by atomic mass is 16.5. The molecule has 0 heterocycles. The summed E-state index contributed by atoms with van der Waals surface area (Å²) in [5.74, 6) is -1.28. The number of carboxylic acid groups (broad SMARTS) is 1. The summed E-state index contributed by atoms with van der Waals surface area (Å²) in [5.41, 5.74) is 0. The van der Waals surface area contributed by atoms with Crippen molar-refractivity contribution in [2.24, 2.45) is 0 Å². The van der Waals surface area contributed by atoms with Gasteiger partial charge >= 0.3 is 11.9 Å². The minimum atomic E-state index is -1.02. The van der Waals surface area contributed by atoms with Gasteiger partial charge in [-0.05, 0) is 83.1 Å². The van der Waals surface area contributed by atoms with Crippen molar-refractivity contribution in [1.82, 2.24) is 5.32 Å². The van der Waals surface area contributed by atoms with Gasteiger partial charge in [-0.3, -0.25) is 14.4 Å². The van der Waals surface area contributed by atoms with Crippen LogP contribution in [0.3, 0.4) is 0 Å². The molecule has 6 heteroatoms. The van der Waals surface area contributed by atoms with Crippen molar-refractivity contribution < 1.29 is 24.2 Å². The molecule has 0 aromatic rings. The summed E-state index contributed by atoms with van der Waals surface area (Å²) in [5, 5.41) is 11.1. The third-order valence-electron chi connectivity index (χ3n) is 8.91. The Labute approximate surface area is 313 Å². The van der Waals surface area contributed by atoms with Crippen molar-refractivity contribution in [2.75, 3.05) is 6.54 Å². The second-order valence-corrected chi connectivity index (χ2v) is 13.9. The van der Waals surface area contributed by atoms with Gasteiger partial charge < -0.3 is 15.2 Å². The molecule has 1 amide bonds.